The van der Waals surface area contributed by atoms with Crippen LogP contribution in [0.25, 0.3) is 0 Å². The number of hydrogen-bond acceptors (Lipinski definition) is 7. The van der Waals surface area contributed by atoms with Crippen LogP contribution < -0.4 is 19.7 Å². The lowest BCUT2D eigenvalue weighted by atomic mass is 10.1. The standard InChI is InChI=1S/C16H16N4O4S/c1-9-18-19-16(25-9)17-15(22)10-6-14(21)20(8-10)11-2-3-12-13(7-11)24-5-4-23-12/h2-3,7,10H,4-6,8H2,1H3,(H,17,19,22)/t10-/m0/s1. The summed E-state index contributed by atoms with van der Waals surface area (Å²) in [6, 6.07) is 5.37. The van der Waals surface area contributed by atoms with Crippen LogP contribution in [0.2, 0.25) is 0 Å². The van der Waals surface area contributed by atoms with E-state index in [9.17, 15) is 9.59 Å². The summed E-state index contributed by atoms with van der Waals surface area (Å²) in [4.78, 5) is 26.4. The Morgan fingerprint density at radius 2 is 2.08 bits per heavy atom. The summed E-state index contributed by atoms with van der Waals surface area (Å²) in [6.07, 6.45) is 0.165. The lowest BCUT2D eigenvalue weighted by Gasteiger charge is -2.22. The molecular formula is C16H16N4O4S. The Bertz CT molecular complexity index is 837. The molecule has 2 aliphatic rings. The van der Waals surface area contributed by atoms with E-state index < -0.39 is 5.92 Å². The first-order valence-electron chi connectivity index (χ1n) is 7.91. The van der Waals surface area contributed by atoms with E-state index in [1.54, 1.807) is 23.1 Å². The Kier molecular flexibility index (Phi) is 4.00. The topological polar surface area (TPSA) is 93.7 Å². The number of fused-ring (bicyclic) bond motifs is 1. The van der Waals surface area contributed by atoms with Crippen molar-refractivity contribution in [2.24, 2.45) is 5.92 Å². The molecule has 130 valence electrons. The van der Waals surface area contributed by atoms with E-state index in [1.807, 2.05) is 6.92 Å². The molecule has 1 N–H and O–H groups in total. The molecule has 0 aliphatic carbocycles. The van der Waals surface area contributed by atoms with E-state index in [-0.39, 0.29) is 18.2 Å². The highest BCUT2D eigenvalue weighted by molar-refractivity contribution is 7.15. The van der Waals surface area contributed by atoms with Gasteiger partial charge in [0, 0.05) is 24.7 Å². The van der Waals surface area contributed by atoms with Gasteiger partial charge < -0.3 is 19.7 Å². The van der Waals surface area contributed by atoms with Crippen LogP contribution in [0, 0.1) is 12.8 Å². The lowest BCUT2D eigenvalue weighted by Crippen LogP contribution is -2.28. The van der Waals surface area contributed by atoms with Crippen molar-refractivity contribution in [3.63, 3.8) is 0 Å². The Hall–Kier alpha value is -2.68. The zero-order valence-corrected chi connectivity index (χ0v) is 14.3. The largest absolute Gasteiger partial charge is 0.486 e. The number of aromatic nitrogens is 2. The SMILES string of the molecule is Cc1nnc(NC(=O)[C@H]2CC(=O)N(c3ccc4c(c3)OCCO4)C2)s1. The smallest absolute Gasteiger partial charge is 0.231 e. The normalized spacial score (nSPS) is 19.2. The summed E-state index contributed by atoms with van der Waals surface area (Å²) in [6.45, 7) is 3.14. The third-order valence-corrected chi connectivity index (χ3v) is 4.84. The zero-order valence-electron chi connectivity index (χ0n) is 13.5. The number of nitrogens with one attached hydrogen (secondary N) is 1. The van der Waals surface area contributed by atoms with Gasteiger partial charge in [-0.1, -0.05) is 11.3 Å². The number of anilines is 2. The molecule has 0 radical (unpaired) electrons. The van der Waals surface area contributed by atoms with E-state index in [0.717, 1.165) is 5.01 Å². The monoisotopic (exact) mass is 360 g/mol. The minimum atomic E-state index is -0.426. The van der Waals surface area contributed by atoms with Gasteiger partial charge in [-0.3, -0.25) is 9.59 Å². The molecule has 8 nitrogen and oxygen atoms in total. The molecule has 9 heteroatoms. The van der Waals surface area contributed by atoms with Crippen molar-refractivity contribution in [3.8, 4) is 11.5 Å². The van der Waals surface area contributed by atoms with Crippen LogP contribution in [0.4, 0.5) is 10.8 Å². The minimum Gasteiger partial charge on any atom is -0.486 e. The Balaban J connectivity index is 1.47. The summed E-state index contributed by atoms with van der Waals surface area (Å²) in [5, 5.41) is 11.7. The molecule has 1 atom stereocenters. The van der Waals surface area contributed by atoms with Crippen LogP contribution in [-0.4, -0.2) is 41.8 Å². The maximum atomic E-state index is 12.4. The van der Waals surface area contributed by atoms with Gasteiger partial charge in [0.15, 0.2) is 11.5 Å². The number of nitrogens with zero attached hydrogens (tertiary/aromatic N) is 3. The highest BCUT2D eigenvalue weighted by Gasteiger charge is 2.36. The van der Waals surface area contributed by atoms with Crippen LogP contribution in [0.15, 0.2) is 18.2 Å². The molecule has 4 rings (SSSR count). The van der Waals surface area contributed by atoms with Gasteiger partial charge in [-0.2, -0.15) is 0 Å². The van der Waals surface area contributed by atoms with E-state index in [1.165, 1.54) is 11.3 Å². The average molecular weight is 360 g/mol. The summed E-state index contributed by atoms with van der Waals surface area (Å²) in [5.74, 6) is 0.552. The first kappa shape index (κ1) is 15.8. The molecule has 0 saturated carbocycles. The number of hydrogen-bond donors (Lipinski definition) is 1. The Morgan fingerprint density at radius 1 is 1.28 bits per heavy atom. The van der Waals surface area contributed by atoms with E-state index >= 15 is 0 Å². The second-order valence-corrected chi connectivity index (χ2v) is 7.03. The molecule has 3 heterocycles. The molecular weight excluding hydrogens is 344 g/mol. The number of rotatable bonds is 3. The summed E-state index contributed by atoms with van der Waals surface area (Å²) < 4.78 is 11.0. The molecule has 2 aromatic rings. The maximum Gasteiger partial charge on any atom is 0.231 e. The number of carbonyl (C=O) groups excluding carboxylic acids is 2. The number of benzene rings is 1. The number of aryl methyl sites for hydroxylation is 1. The minimum absolute atomic E-state index is 0.0923. The van der Waals surface area contributed by atoms with Crippen molar-refractivity contribution >= 4 is 34.0 Å². The average Bonchev–Trinajstić information content (AvgIpc) is 3.20. The molecule has 1 saturated heterocycles. The molecule has 2 amide bonds. The number of amides is 2. The van der Waals surface area contributed by atoms with Gasteiger partial charge in [-0.15, -0.1) is 10.2 Å². The molecule has 2 aliphatic heterocycles. The lowest BCUT2D eigenvalue weighted by molar-refractivity contribution is -0.122. The fraction of sp³-hybridized carbons (Fsp3) is 0.375. The first-order chi connectivity index (χ1) is 12.1. The number of carbonyl (C=O) groups is 2. The van der Waals surface area contributed by atoms with Gasteiger partial charge >= 0.3 is 0 Å². The van der Waals surface area contributed by atoms with E-state index in [0.29, 0.717) is 42.1 Å². The van der Waals surface area contributed by atoms with E-state index in [4.69, 9.17) is 9.47 Å². The predicted molar refractivity (Wildman–Crippen MR) is 91.2 cm³/mol. The van der Waals surface area contributed by atoms with E-state index in [2.05, 4.69) is 15.5 Å². The van der Waals surface area contributed by atoms with Gasteiger partial charge in [0.1, 0.15) is 18.2 Å². The zero-order chi connectivity index (χ0) is 17.4. The van der Waals surface area contributed by atoms with Crippen molar-refractivity contribution in [1.82, 2.24) is 10.2 Å². The van der Waals surface area contributed by atoms with Crippen LogP contribution in [0.5, 0.6) is 11.5 Å². The molecule has 25 heavy (non-hydrogen) atoms. The van der Waals surface area contributed by atoms with Gasteiger partial charge in [0.2, 0.25) is 16.9 Å². The molecule has 0 spiro atoms. The highest BCUT2D eigenvalue weighted by Crippen LogP contribution is 2.36. The Morgan fingerprint density at radius 3 is 2.84 bits per heavy atom. The summed E-state index contributed by atoms with van der Waals surface area (Å²) in [5.41, 5.74) is 0.705. The second-order valence-electron chi connectivity index (χ2n) is 5.85. The van der Waals surface area contributed by atoms with Crippen LogP contribution in [-0.2, 0) is 9.59 Å². The molecule has 1 aromatic carbocycles. The van der Waals surface area contributed by atoms with Crippen LogP contribution in [0.1, 0.15) is 11.4 Å². The van der Waals surface area contributed by atoms with Gasteiger partial charge in [0.25, 0.3) is 0 Å². The highest BCUT2D eigenvalue weighted by atomic mass is 32.1. The van der Waals surface area contributed by atoms with Crippen LogP contribution in [0.3, 0.4) is 0 Å². The maximum absolute atomic E-state index is 12.4. The first-order valence-corrected chi connectivity index (χ1v) is 8.73. The fourth-order valence-corrected chi connectivity index (χ4v) is 3.48. The van der Waals surface area contributed by atoms with Crippen molar-refractivity contribution in [2.75, 3.05) is 30.0 Å². The third kappa shape index (κ3) is 3.14. The van der Waals surface area contributed by atoms with Gasteiger partial charge in [0.05, 0.1) is 5.92 Å². The van der Waals surface area contributed by atoms with Crippen molar-refractivity contribution in [2.45, 2.75) is 13.3 Å². The summed E-state index contributed by atoms with van der Waals surface area (Å²) >= 11 is 1.31. The quantitative estimate of drug-likeness (QED) is 0.894. The predicted octanol–water partition coefficient (Wildman–Crippen LogP) is 1.61. The van der Waals surface area contributed by atoms with Crippen LogP contribution >= 0.6 is 11.3 Å². The Labute approximate surface area is 147 Å². The third-order valence-electron chi connectivity index (χ3n) is 4.09. The van der Waals surface area contributed by atoms with Crippen molar-refractivity contribution in [1.29, 1.82) is 0 Å². The summed E-state index contributed by atoms with van der Waals surface area (Å²) in [7, 11) is 0. The van der Waals surface area contributed by atoms with Crippen molar-refractivity contribution < 1.29 is 19.1 Å². The second kappa shape index (κ2) is 6.32. The molecule has 0 unspecified atom stereocenters. The van der Waals surface area contributed by atoms with Gasteiger partial charge in [-0.05, 0) is 19.1 Å². The molecule has 1 aromatic heterocycles. The molecule has 0 bridgehead atoms. The fourth-order valence-electron chi connectivity index (χ4n) is 2.89. The van der Waals surface area contributed by atoms with Gasteiger partial charge in [-0.25, -0.2) is 0 Å². The molecule has 1 fully saturated rings. The number of ether oxygens (including phenoxy) is 2. The van der Waals surface area contributed by atoms with Crippen molar-refractivity contribution in [3.05, 3.63) is 23.2 Å².